The fraction of sp³-hybridized carbons (Fsp3) is 0.409. The molecule has 0 radical (unpaired) electrons. The van der Waals surface area contributed by atoms with Crippen LogP contribution >= 0.6 is 0 Å². The van der Waals surface area contributed by atoms with Crippen molar-refractivity contribution in [3.8, 4) is 0 Å². The van der Waals surface area contributed by atoms with Gasteiger partial charge in [0.05, 0.1) is 11.5 Å². The van der Waals surface area contributed by atoms with Gasteiger partial charge in [0.2, 0.25) is 0 Å². The zero-order chi connectivity index (χ0) is 19.8. The number of anilines is 1. The molecule has 28 heavy (non-hydrogen) atoms. The molecule has 1 saturated heterocycles. The van der Waals surface area contributed by atoms with Gasteiger partial charge in [-0.2, -0.15) is 0 Å². The van der Waals surface area contributed by atoms with Gasteiger partial charge in [0.1, 0.15) is 5.82 Å². The van der Waals surface area contributed by atoms with E-state index in [9.17, 15) is 14.7 Å². The highest BCUT2D eigenvalue weighted by Crippen LogP contribution is 2.17. The summed E-state index contributed by atoms with van der Waals surface area (Å²) in [6.07, 6.45) is 6.80. The highest BCUT2D eigenvalue weighted by molar-refractivity contribution is 5.94. The molecule has 1 aromatic carbocycles. The van der Waals surface area contributed by atoms with Gasteiger partial charge in [-0.3, -0.25) is 9.59 Å². The van der Waals surface area contributed by atoms with Crippen molar-refractivity contribution in [1.82, 2.24) is 10.3 Å². The molecular weight excluding hydrogens is 354 g/mol. The third kappa shape index (κ3) is 5.55. The molecule has 0 spiro atoms. The zero-order valence-electron chi connectivity index (χ0n) is 16.0. The Labute approximate surface area is 165 Å². The van der Waals surface area contributed by atoms with E-state index in [1.807, 2.05) is 36.4 Å². The Morgan fingerprint density at radius 1 is 1.04 bits per heavy atom. The topological polar surface area (TPSA) is 82.5 Å². The molecule has 3 rings (SSSR count). The predicted molar refractivity (Wildman–Crippen MR) is 109 cm³/mol. The van der Waals surface area contributed by atoms with Crippen LogP contribution in [0.25, 0.3) is 0 Å². The Morgan fingerprint density at radius 3 is 2.36 bits per heavy atom. The number of benzene rings is 1. The minimum atomic E-state index is -0.918. The van der Waals surface area contributed by atoms with Crippen molar-refractivity contribution in [2.24, 2.45) is 5.92 Å². The summed E-state index contributed by atoms with van der Waals surface area (Å²) in [7, 11) is 0. The number of amides is 1. The number of nitrogens with zero attached hydrogens (tertiary/aromatic N) is 2. The largest absolute Gasteiger partial charge is 0.481 e. The second-order valence-electron chi connectivity index (χ2n) is 7.24. The van der Waals surface area contributed by atoms with Crippen LogP contribution in [0.4, 0.5) is 5.82 Å². The summed E-state index contributed by atoms with van der Waals surface area (Å²) < 4.78 is 0. The number of carbonyl (C=O) groups is 2. The summed E-state index contributed by atoms with van der Waals surface area (Å²) in [5.74, 6) is -0.991. The van der Waals surface area contributed by atoms with Crippen LogP contribution in [0.3, 0.4) is 0 Å². The van der Waals surface area contributed by atoms with E-state index in [0.717, 1.165) is 24.5 Å². The maximum absolute atomic E-state index is 12.4. The predicted octanol–water partition coefficient (Wildman–Crippen LogP) is 3.14. The number of carboxylic acids is 1. The van der Waals surface area contributed by atoms with Crippen LogP contribution in [0.15, 0.2) is 48.7 Å². The van der Waals surface area contributed by atoms with Gasteiger partial charge in [0.15, 0.2) is 0 Å². The number of pyridine rings is 1. The van der Waals surface area contributed by atoms with Gasteiger partial charge in [0, 0.05) is 25.8 Å². The molecule has 1 fully saturated rings. The molecule has 2 N–H and O–H groups in total. The zero-order valence-corrected chi connectivity index (χ0v) is 16.0. The van der Waals surface area contributed by atoms with Gasteiger partial charge in [-0.15, -0.1) is 0 Å². The third-order valence-electron chi connectivity index (χ3n) is 5.12. The van der Waals surface area contributed by atoms with Crippen molar-refractivity contribution in [1.29, 1.82) is 0 Å². The number of carboxylic acid groups (broad SMARTS) is 1. The van der Waals surface area contributed by atoms with Crippen LogP contribution in [0.5, 0.6) is 0 Å². The van der Waals surface area contributed by atoms with Gasteiger partial charge < -0.3 is 15.3 Å². The first-order valence-electron chi connectivity index (χ1n) is 9.89. The molecular formula is C22H27N3O3. The summed E-state index contributed by atoms with van der Waals surface area (Å²) in [4.78, 5) is 30.6. The molecule has 0 bridgehead atoms. The van der Waals surface area contributed by atoms with E-state index in [2.05, 4.69) is 15.2 Å². The Balaban J connectivity index is 1.56. The van der Waals surface area contributed by atoms with E-state index < -0.39 is 11.9 Å². The maximum atomic E-state index is 12.4. The Morgan fingerprint density at radius 2 is 1.75 bits per heavy atom. The summed E-state index contributed by atoms with van der Waals surface area (Å²) in [5.41, 5.74) is 1.38. The minimum Gasteiger partial charge on any atom is -0.481 e. The molecule has 1 aliphatic heterocycles. The molecule has 0 saturated carbocycles. The fourth-order valence-corrected chi connectivity index (χ4v) is 3.47. The van der Waals surface area contributed by atoms with Crippen LogP contribution in [0.2, 0.25) is 0 Å². The molecule has 2 aromatic rings. The van der Waals surface area contributed by atoms with Crippen molar-refractivity contribution >= 4 is 17.7 Å². The molecule has 1 unspecified atom stereocenters. The summed E-state index contributed by atoms with van der Waals surface area (Å²) in [6, 6.07) is 13.1. The van der Waals surface area contributed by atoms with E-state index in [1.54, 1.807) is 12.3 Å². The van der Waals surface area contributed by atoms with Crippen molar-refractivity contribution in [2.75, 3.05) is 24.5 Å². The molecule has 1 aromatic heterocycles. The normalized spacial score (nSPS) is 15.5. The SMILES string of the molecule is O=C(NCC(Cc1ccccc1)C(=O)O)c1ccc(N2CCCCCC2)nc1. The van der Waals surface area contributed by atoms with E-state index in [4.69, 9.17) is 0 Å². The lowest BCUT2D eigenvalue weighted by molar-refractivity contribution is -0.141. The lowest BCUT2D eigenvalue weighted by Crippen LogP contribution is -2.34. The first-order valence-corrected chi connectivity index (χ1v) is 9.89. The number of aliphatic carboxylic acids is 1. The highest BCUT2D eigenvalue weighted by Gasteiger charge is 2.20. The second kappa shape index (κ2) is 9.88. The Bertz CT molecular complexity index is 769. The fourth-order valence-electron chi connectivity index (χ4n) is 3.47. The Hall–Kier alpha value is -2.89. The number of aromatic nitrogens is 1. The number of hydrogen-bond acceptors (Lipinski definition) is 4. The lowest BCUT2D eigenvalue weighted by Gasteiger charge is -2.21. The van der Waals surface area contributed by atoms with Crippen LogP contribution in [-0.4, -0.2) is 41.6 Å². The van der Waals surface area contributed by atoms with Gasteiger partial charge in [-0.05, 0) is 37.0 Å². The van der Waals surface area contributed by atoms with E-state index in [-0.39, 0.29) is 12.5 Å². The van der Waals surface area contributed by atoms with Crippen molar-refractivity contribution in [3.05, 3.63) is 59.8 Å². The average molecular weight is 381 g/mol. The van der Waals surface area contributed by atoms with Crippen molar-refractivity contribution in [2.45, 2.75) is 32.1 Å². The van der Waals surface area contributed by atoms with E-state index in [1.165, 1.54) is 25.7 Å². The first-order chi connectivity index (χ1) is 13.6. The molecule has 148 valence electrons. The minimum absolute atomic E-state index is 0.0803. The first kappa shape index (κ1) is 19.9. The van der Waals surface area contributed by atoms with Crippen LogP contribution < -0.4 is 10.2 Å². The molecule has 1 atom stereocenters. The van der Waals surface area contributed by atoms with Crippen LogP contribution in [0, 0.1) is 5.92 Å². The third-order valence-corrected chi connectivity index (χ3v) is 5.12. The maximum Gasteiger partial charge on any atom is 0.308 e. The average Bonchev–Trinajstić information content (AvgIpc) is 3.01. The molecule has 1 amide bonds. The van der Waals surface area contributed by atoms with Gasteiger partial charge >= 0.3 is 5.97 Å². The lowest BCUT2D eigenvalue weighted by atomic mass is 9.99. The van der Waals surface area contributed by atoms with Gasteiger partial charge in [-0.1, -0.05) is 43.2 Å². The van der Waals surface area contributed by atoms with Crippen LogP contribution in [-0.2, 0) is 11.2 Å². The number of rotatable bonds is 7. The van der Waals surface area contributed by atoms with Gasteiger partial charge in [0.25, 0.3) is 5.91 Å². The van der Waals surface area contributed by atoms with E-state index >= 15 is 0 Å². The monoisotopic (exact) mass is 381 g/mol. The smallest absolute Gasteiger partial charge is 0.308 e. The van der Waals surface area contributed by atoms with Gasteiger partial charge in [-0.25, -0.2) is 4.98 Å². The van der Waals surface area contributed by atoms with Crippen LogP contribution in [0.1, 0.15) is 41.6 Å². The molecule has 6 nitrogen and oxygen atoms in total. The Kier molecular flexibility index (Phi) is 7.00. The molecule has 6 heteroatoms. The number of carbonyl (C=O) groups excluding carboxylic acids is 1. The van der Waals surface area contributed by atoms with Crippen molar-refractivity contribution < 1.29 is 14.7 Å². The number of nitrogens with one attached hydrogen (secondary N) is 1. The quantitative estimate of drug-likeness (QED) is 0.770. The molecule has 2 heterocycles. The summed E-state index contributed by atoms with van der Waals surface area (Å²) >= 11 is 0. The highest BCUT2D eigenvalue weighted by atomic mass is 16.4. The molecule has 0 aliphatic carbocycles. The molecule has 1 aliphatic rings. The van der Waals surface area contributed by atoms with Crippen molar-refractivity contribution in [3.63, 3.8) is 0 Å². The second-order valence-corrected chi connectivity index (χ2v) is 7.24. The summed E-state index contributed by atoms with van der Waals surface area (Å²) in [6.45, 7) is 2.08. The van der Waals surface area contributed by atoms with E-state index in [0.29, 0.717) is 12.0 Å². The number of hydrogen-bond donors (Lipinski definition) is 2. The summed E-state index contributed by atoms with van der Waals surface area (Å²) in [5, 5.41) is 12.2. The standard InChI is InChI=1S/C22H27N3O3/c26-21(24-16-19(22(27)28)14-17-8-4-3-5-9-17)18-10-11-20(23-15-18)25-12-6-1-2-7-13-25/h3-5,8-11,15,19H,1-2,6-7,12-14,16H2,(H,24,26)(H,27,28).